The fraction of sp³-hybridized carbons (Fsp3) is 0.200. The van der Waals surface area contributed by atoms with Gasteiger partial charge in [0.15, 0.2) is 5.65 Å². The number of alkyl halides is 1. The largest absolute Gasteiger partial charge is 0.278 e. The summed E-state index contributed by atoms with van der Waals surface area (Å²) in [5, 5.41) is 0. The highest BCUT2D eigenvalue weighted by molar-refractivity contribution is 9.10. The van der Waals surface area contributed by atoms with Crippen LogP contribution in [0.25, 0.3) is 16.9 Å². The summed E-state index contributed by atoms with van der Waals surface area (Å²) in [6, 6.07) is 6.74. The Morgan fingerprint density at radius 2 is 2.14 bits per heavy atom. The Hall–Kier alpha value is -1.46. The van der Waals surface area contributed by atoms with Crippen molar-refractivity contribution in [2.45, 2.75) is 13.3 Å². The third-order valence-corrected chi connectivity index (χ3v) is 3.85. The molecule has 0 unspecified atom stereocenters. The molecule has 0 N–H and O–H groups in total. The van der Waals surface area contributed by atoms with Crippen molar-refractivity contribution in [2.24, 2.45) is 0 Å². The highest BCUT2D eigenvalue weighted by atomic mass is 79.9. The summed E-state index contributed by atoms with van der Waals surface area (Å²) >= 11 is 9.22. The Bertz CT molecular complexity index is 816. The van der Waals surface area contributed by atoms with Crippen LogP contribution in [-0.4, -0.2) is 20.4 Å². The summed E-state index contributed by atoms with van der Waals surface area (Å²) in [5.41, 5.74) is 2.81. The highest BCUT2D eigenvalue weighted by Gasteiger charge is 2.16. The number of hydrogen-bond donors (Lipinski definition) is 0. The van der Waals surface area contributed by atoms with E-state index in [1.165, 1.54) is 6.07 Å². The molecule has 0 atom stereocenters. The molecule has 0 aliphatic carbocycles. The molecule has 0 amide bonds. The van der Waals surface area contributed by atoms with Gasteiger partial charge in [-0.1, -0.05) is 15.9 Å². The van der Waals surface area contributed by atoms with E-state index in [2.05, 4.69) is 25.9 Å². The Kier molecular flexibility index (Phi) is 3.95. The summed E-state index contributed by atoms with van der Waals surface area (Å²) in [5.74, 6) is 0.795. The van der Waals surface area contributed by atoms with Crippen molar-refractivity contribution < 1.29 is 4.39 Å². The quantitative estimate of drug-likeness (QED) is 0.641. The molecule has 2 aromatic heterocycles. The molecule has 21 heavy (non-hydrogen) atoms. The number of halogens is 3. The zero-order chi connectivity index (χ0) is 15.0. The van der Waals surface area contributed by atoms with Gasteiger partial charge >= 0.3 is 0 Å². The van der Waals surface area contributed by atoms with E-state index in [1.54, 1.807) is 22.9 Å². The van der Waals surface area contributed by atoms with E-state index in [-0.39, 0.29) is 5.82 Å². The maximum absolute atomic E-state index is 14.2. The summed E-state index contributed by atoms with van der Waals surface area (Å²) in [7, 11) is 0. The zero-order valence-electron chi connectivity index (χ0n) is 11.3. The van der Waals surface area contributed by atoms with Crippen LogP contribution in [0.5, 0.6) is 0 Å². The molecule has 3 rings (SSSR count). The van der Waals surface area contributed by atoms with E-state index in [1.807, 2.05) is 13.0 Å². The molecule has 0 fully saturated rings. The van der Waals surface area contributed by atoms with E-state index in [0.717, 1.165) is 15.6 Å². The first-order valence-corrected chi connectivity index (χ1v) is 7.78. The van der Waals surface area contributed by atoms with Crippen molar-refractivity contribution in [3.05, 3.63) is 52.1 Å². The van der Waals surface area contributed by atoms with Crippen LogP contribution in [0.4, 0.5) is 4.39 Å². The molecular formula is C15H12BrClFN3. The second kappa shape index (κ2) is 5.73. The maximum atomic E-state index is 14.2. The molecule has 0 saturated carbocycles. The molecular weight excluding hydrogens is 357 g/mol. The van der Waals surface area contributed by atoms with Gasteiger partial charge in [-0.3, -0.25) is 4.57 Å². The van der Waals surface area contributed by atoms with Gasteiger partial charge in [0.1, 0.15) is 17.2 Å². The van der Waals surface area contributed by atoms with Crippen molar-refractivity contribution >= 4 is 38.7 Å². The number of rotatable bonds is 3. The van der Waals surface area contributed by atoms with E-state index < -0.39 is 0 Å². The Labute approximate surface area is 134 Å². The highest BCUT2D eigenvalue weighted by Crippen LogP contribution is 2.25. The van der Waals surface area contributed by atoms with Gasteiger partial charge in [-0.25, -0.2) is 14.4 Å². The van der Waals surface area contributed by atoms with Gasteiger partial charge in [0.25, 0.3) is 0 Å². The minimum absolute atomic E-state index is 0.323. The summed E-state index contributed by atoms with van der Waals surface area (Å²) in [4.78, 5) is 8.95. The van der Waals surface area contributed by atoms with Crippen molar-refractivity contribution in [3.63, 3.8) is 0 Å². The van der Waals surface area contributed by atoms with E-state index in [0.29, 0.717) is 29.5 Å². The number of hydrogen-bond acceptors (Lipinski definition) is 2. The van der Waals surface area contributed by atoms with Crippen LogP contribution in [-0.2, 0) is 6.42 Å². The fourth-order valence-electron chi connectivity index (χ4n) is 2.27. The van der Waals surface area contributed by atoms with Crippen LogP contribution in [0.15, 0.2) is 34.9 Å². The fourth-order valence-corrected chi connectivity index (χ4v) is 2.79. The number of benzene rings is 1. The lowest BCUT2D eigenvalue weighted by molar-refractivity contribution is 0.616. The van der Waals surface area contributed by atoms with Crippen molar-refractivity contribution in [1.82, 2.24) is 14.5 Å². The summed E-state index contributed by atoms with van der Waals surface area (Å²) in [6.45, 7) is 1.95. The van der Waals surface area contributed by atoms with Gasteiger partial charge in [0.2, 0.25) is 0 Å². The van der Waals surface area contributed by atoms with Gasteiger partial charge in [-0.05, 0) is 36.8 Å². The second-order valence-corrected chi connectivity index (χ2v) is 6.05. The molecule has 0 aliphatic rings. The maximum Gasteiger partial charge on any atom is 0.164 e. The topological polar surface area (TPSA) is 30.7 Å². The summed E-state index contributed by atoms with van der Waals surface area (Å²) < 4.78 is 16.8. The summed E-state index contributed by atoms with van der Waals surface area (Å²) in [6.07, 6.45) is 2.30. The Morgan fingerprint density at radius 1 is 1.33 bits per heavy atom. The van der Waals surface area contributed by atoms with E-state index in [4.69, 9.17) is 11.6 Å². The third-order valence-electron chi connectivity index (χ3n) is 3.17. The lowest BCUT2D eigenvalue weighted by Gasteiger charge is -2.09. The predicted octanol–water partition coefficient (Wildman–Crippen LogP) is 4.41. The number of aromatic nitrogens is 3. The normalized spacial score (nSPS) is 11.2. The molecule has 0 aliphatic heterocycles. The standard InChI is InChI=1S/C15H12BrClFN3/c1-9-6-12-15(19-8-9)21(14(20-12)4-5-17)13-7-10(16)2-3-11(13)18/h2-3,6-8H,4-5H2,1H3. The minimum Gasteiger partial charge on any atom is -0.278 e. The number of nitrogens with zero attached hydrogens (tertiary/aromatic N) is 3. The molecule has 0 saturated heterocycles. The lowest BCUT2D eigenvalue weighted by atomic mass is 10.3. The molecule has 6 heteroatoms. The number of pyridine rings is 1. The van der Waals surface area contributed by atoms with Crippen LogP contribution in [0.3, 0.4) is 0 Å². The third kappa shape index (κ3) is 2.68. The first-order valence-electron chi connectivity index (χ1n) is 6.45. The number of aryl methyl sites for hydroxylation is 2. The van der Waals surface area contributed by atoms with Gasteiger partial charge in [0, 0.05) is 23.0 Å². The van der Waals surface area contributed by atoms with Gasteiger partial charge in [-0.2, -0.15) is 0 Å². The van der Waals surface area contributed by atoms with Gasteiger partial charge in [0.05, 0.1) is 5.69 Å². The van der Waals surface area contributed by atoms with Gasteiger partial charge in [-0.15, -0.1) is 11.6 Å². The second-order valence-electron chi connectivity index (χ2n) is 4.75. The van der Waals surface area contributed by atoms with Crippen molar-refractivity contribution in [3.8, 4) is 5.69 Å². The Morgan fingerprint density at radius 3 is 2.90 bits per heavy atom. The Balaban J connectivity index is 2.33. The molecule has 0 bridgehead atoms. The molecule has 3 nitrogen and oxygen atoms in total. The molecule has 0 spiro atoms. The number of imidazole rings is 1. The smallest absolute Gasteiger partial charge is 0.164 e. The average Bonchev–Trinajstić information content (AvgIpc) is 2.79. The monoisotopic (exact) mass is 367 g/mol. The van der Waals surface area contributed by atoms with Crippen LogP contribution in [0, 0.1) is 12.7 Å². The molecule has 108 valence electrons. The van der Waals surface area contributed by atoms with E-state index in [9.17, 15) is 4.39 Å². The van der Waals surface area contributed by atoms with Crippen LogP contribution in [0.2, 0.25) is 0 Å². The van der Waals surface area contributed by atoms with Crippen molar-refractivity contribution in [1.29, 1.82) is 0 Å². The lowest BCUT2D eigenvalue weighted by Crippen LogP contribution is -2.05. The van der Waals surface area contributed by atoms with Crippen molar-refractivity contribution in [2.75, 3.05) is 5.88 Å². The molecule has 3 aromatic rings. The zero-order valence-corrected chi connectivity index (χ0v) is 13.6. The van der Waals surface area contributed by atoms with Crippen LogP contribution < -0.4 is 0 Å². The van der Waals surface area contributed by atoms with Crippen LogP contribution in [0.1, 0.15) is 11.4 Å². The van der Waals surface area contributed by atoms with Crippen LogP contribution >= 0.6 is 27.5 Å². The minimum atomic E-state index is -0.323. The molecule has 1 aromatic carbocycles. The van der Waals surface area contributed by atoms with Gasteiger partial charge < -0.3 is 0 Å². The predicted molar refractivity (Wildman–Crippen MR) is 85.7 cm³/mol. The number of fused-ring (bicyclic) bond motifs is 1. The van der Waals surface area contributed by atoms with E-state index >= 15 is 0 Å². The SMILES string of the molecule is Cc1cnc2c(c1)nc(CCCl)n2-c1cc(Br)ccc1F. The first-order chi connectivity index (χ1) is 10.1. The molecule has 2 heterocycles. The average molecular weight is 369 g/mol. The first kappa shape index (κ1) is 14.5. The molecule has 0 radical (unpaired) electrons.